The number of thiazole rings is 1. The van der Waals surface area contributed by atoms with Crippen LogP contribution in [0.1, 0.15) is 68.7 Å². The highest BCUT2D eigenvalue weighted by Gasteiger charge is 2.24. The van der Waals surface area contributed by atoms with Gasteiger partial charge in [0.25, 0.3) is 0 Å². The van der Waals surface area contributed by atoms with E-state index in [1.54, 1.807) is 0 Å². The molecule has 0 radical (unpaired) electrons. The monoisotopic (exact) mass is 266 g/mol. The lowest BCUT2D eigenvalue weighted by atomic mass is 9.80. The van der Waals surface area contributed by atoms with Crippen LogP contribution < -0.4 is 5.32 Å². The second-order valence-electron chi connectivity index (χ2n) is 5.84. The number of nitrogens with zero attached hydrogens (tertiary/aromatic N) is 1. The molecule has 2 atom stereocenters. The number of nitrogens with one attached hydrogen (secondary N) is 1. The van der Waals surface area contributed by atoms with Crippen molar-refractivity contribution in [3.05, 3.63) is 16.1 Å². The van der Waals surface area contributed by atoms with Gasteiger partial charge in [-0.1, -0.05) is 40.0 Å². The standard InChI is InChI=1S/C15H26N2S/c1-4-12-6-5-7-13(8-12)15-17-10-14(18-15)9-16-11(2)3/h10-13,16H,4-9H2,1-3H3. The fourth-order valence-electron chi connectivity index (χ4n) is 2.78. The van der Waals surface area contributed by atoms with Crippen LogP contribution in [0.4, 0.5) is 0 Å². The van der Waals surface area contributed by atoms with Crippen LogP contribution in [0.2, 0.25) is 0 Å². The second kappa shape index (κ2) is 6.67. The van der Waals surface area contributed by atoms with E-state index in [1.165, 1.54) is 42.0 Å². The molecular weight excluding hydrogens is 240 g/mol. The summed E-state index contributed by atoms with van der Waals surface area (Å²) in [4.78, 5) is 6.05. The fourth-order valence-corrected chi connectivity index (χ4v) is 3.80. The maximum absolute atomic E-state index is 4.67. The second-order valence-corrected chi connectivity index (χ2v) is 6.98. The van der Waals surface area contributed by atoms with E-state index in [9.17, 15) is 0 Å². The third-order valence-electron chi connectivity index (χ3n) is 3.97. The predicted octanol–water partition coefficient (Wildman–Crippen LogP) is 4.32. The van der Waals surface area contributed by atoms with Gasteiger partial charge < -0.3 is 5.32 Å². The molecule has 2 unspecified atom stereocenters. The highest BCUT2D eigenvalue weighted by Crippen LogP contribution is 2.38. The summed E-state index contributed by atoms with van der Waals surface area (Å²) in [5.74, 6) is 1.67. The van der Waals surface area contributed by atoms with Gasteiger partial charge in [0.05, 0.1) is 5.01 Å². The molecule has 1 aromatic heterocycles. The summed E-state index contributed by atoms with van der Waals surface area (Å²) >= 11 is 1.92. The molecule has 2 nitrogen and oxygen atoms in total. The minimum Gasteiger partial charge on any atom is -0.310 e. The molecule has 0 amide bonds. The van der Waals surface area contributed by atoms with Crippen LogP contribution in [0.25, 0.3) is 0 Å². The third-order valence-corrected chi connectivity index (χ3v) is 5.13. The molecule has 102 valence electrons. The number of hydrogen-bond acceptors (Lipinski definition) is 3. The molecule has 18 heavy (non-hydrogen) atoms. The third kappa shape index (κ3) is 3.79. The van der Waals surface area contributed by atoms with Crippen LogP contribution in [-0.4, -0.2) is 11.0 Å². The van der Waals surface area contributed by atoms with Crippen LogP contribution in [-0.2, 0) is 6.54 Å². The van der Waals surface area contributed by atoms with Crippen molar-refractivity contribution in [3.8, 4) is 0 Å². The lowest BCUT2D eigenvalue weighted by Crippen LogP contribution is -2.21. The Hall–Kier alpha value is -0.410. The Labute approximate surface area is 115 Å². The van der Waals surface area contributed by atoms with Crippen LogP contribution in [0, 0.1) is 5.92 Å². The number of hydrogen-bond donors (Lipinski definition) is 1. The fraction of sp³-hybridized carbons (Fsp3) is 0.800. The van der Waals surface area contributed by atoms with E-state index in [2.05, 4.69) is 37.3 Å². The Morgan fingerprint density at radius 3 is 3.00 bits per heavy atom. The van der Waals surface area contributed by atoms with E-state index in [4.69, 9.17) is 0 Å². The zero-order chi connectivity index (χ0) is 13.0. The van der Waals surface area contributed by atoms with E-state index in [0.717, 1.165) is 18.4 Å². The Balaban J connectivity index is 1.92. The topological polar surface area (TPSA) is 24.9 Å². The maximum atomic E-state index is 4.67. The minimum atomic E-state index is 0.551. The summed E-state index contributed by atoms with van der Waals surface area (Å²) in [6.45, 7) is 7.68. The molecule has 0 aliphatic heterocycles. The molecule has 0 aromatic carbocycles. The van der Waals surface area contributed by atoms with Gasteiger partial charge in [0.2, 0.25) is 0 Å². The van der Waals surface area contributed by atoms with Crippen molar-refractivity contribution in [2.75, 3.05) is 0 Å². The van der Waals surface area contributed by atoms with Crippen LogP contribution in [0.3, 0.4) is 0 Å². The zero-order valence-corrected chi connectivity index (χ0v) is 12.7. The predicted molar refractivity (Wildman–Crippen MR) is 79.1 cm³/mol. The van der Waals surface area contributed by atoms with Crippen molar-refractivity contribution in [1.29, 1.82) is 0 Å². The first kappa shape index (κ1) is 14.0. The quantitative estimate of drug-likeness (QED) is 0.858. The smallest absolute Gasteiger partial charge is 0.0959 e. The van der Waals surface area contributed by atoms with E-state index >= 15 is 0 Å². The van der Waals surface area contributed by atoms with Gasteiger partial charge in [0.1, 0.15) is 0 Å². The van der Waals surface area contributed by atoms with E-state index in [0.29, 0.717) is 6.04 Å². The van der Waals surface area contributed by atoms with Crippen LogP contribution in [0.15, 0.2) is 6.20 Å². The number of aromatic nitrogens is 1. The van der Waals surface area contributed by atoms with E-state index in [1.807, 2.05) is 11.3 Å². The first-order valence-electron chi connectivity index (χ1n) is 7.37. The summed E-state index contributed by atoms with van der Waals surface area (Å²) in [6.07, 6.45) is 8.94. The summed E-state index contributed by atoms with van der Waals surface area (Å²) < 4.78 is 0. The molecule has 1 heterocycles. The molecule has 1 saturated carbocycles. The average molecular weight is 266 g/mol. The van der Waals surface area contributed by atoms with Crippen LogP contribution in [0.5, 0.6) is 0 Å². The normalized spacial score (nSPS) is 24.7. The SMILES string of the molecule is CCC1CCCC(c2ncc(CNC(C)C)s2)C1. The van der Waals surface area contributed by atoms with Crippen molar-refractivity contribution >= 4 is 11.3 Å². The van der Waals surface area contributed by atoms with Crippen molar-refractivity contribution < 1.29 is 0 Å². The first-order valence-corrected chi connectivity index (χ1v) is 8.18. The van der Waals surface area contributed by atoms with Gasteiger partial charge in [-0.3, -0.25) is 0 Å². The van der Waals surface area contributed by atoms with Gasteiger partial charge in [0.15, 0.2) is 0 Å². The molecule has 1 aliphatic carbocycles. The summed E-state index contributed by atoms with van der Waals surface area (Å²) in [5, 5.41) is 4.85. The lowest BCUT2D eigenvalue weighted by molar-refractivity contribution is 0.314. The Morgan fingerprint density at radius 1 is 1.44 bits per heavy atom. The molecule has 0 bridgehead atoms. The molecule has 0 spiro atoms. The van der Waals surface area contributed by atoms with Gasteiger partial charge in [-0.2, -0.15) is 0 Å². The summed E-state index contributed by atoms with van der Waals surface area (Å²) in [6, 6.07) is 0.551. The van der Waals surface area contributed by atoms with Crippen molar-refractivity contribution in [2.24, 2.45) is 5.92 Å². The van der Waals surface area contributed by atoms with Crippen LogP contribution >= 0.6 is 11.3 Å². The molecular formula is C15H26N2S. The van der Waals surface area contributed by atoms with Gasteiger partial charge >= 0.3 is 0 Å². The molecule has 1 N–H and O–H groups in total. The molecule has 0 saturated heterocycles. The van der Waals surface area contributed by atoms with Gasteiger partial charge in [-0.15, -0.1) is 11.3 Å². The van der Waals surface area contributed by atoms with E-state index < -0.39 is 0 Å². The average Bonchev–Trinajstić information content (AvgIpc) is 2.85. The minimum absolute atomic E-state index is 0.551. The van der Waals surface area contributed by atoms with Gasteiger partial charge in [0, 0.05) is 29.6 Å². The first-order chi connectivity index (χ1) is 8.69. The van der Waals surface area contributed by atoms with E-state index in [-0.39, 0.29) is 0 Å². The summed E-state index contributed by atoms with van der Waals surface area (Å²) in [7, 11) is 0. The molecule has 2 rings (SSSR count). The lowest BCUT2D eigenvalue weighted by Gasteiger charge is -2.26. The van der Waals surface area contributed by atoms with Crippen molar-refractivity contribution in [2.45, 2.75) is 71.4 Å². The Bertz CT molecular complexity index is 359. The molecule has 1 fully saturated rings. The Kier molecular flexibility index (Phi) is 5.19. The largest absolute Gasteiger partial charge is 0.310 e. The maximum Gasteiger partial charge on any atom is 0.0959 e. The Morgan fingerprint density at radius 2 is 2.28 bits per heavy atom. The highest BCUT2D eigenvalue weighted by atomic mass is 32.1. The van der Waals surface area contributed by atoms with Gasteiger partial charge in [-0.05, 0) is 18.8 Å². The van der Waals surface area contributed by atoms with Gasteiger partial charge in [-0.25, -0.2) is 4.98 Å². The summed E-state index contributed by atoms with van der Waals surface area (Å²) in [5.41, 5.74) is 0. The number of rotatable bonds is 5. The van der Waals surface area contributed by atoms with Crippen molar-refractivity contribution in [3.63, 3.8) is 0 Å². The van der Waals surface area contributed by atoms with Crippen molar-refractivity contribution in [1.82, 2.24) is 10.3 Å². The zero-order valence-electron chi connectivity index (χ0n) is 11.9. The molecule has 1 aliphatic rings. The highest BCUT2D eigenvalue weighted by molar-refractivity contribution is 7.11. The molecule has 1 aromatic rings. The molecule has 3 heteroatoms.